The largest absolute Gasteiger partial charge is 0.371 e. The van der Waals surface area contributed by atoms with Crippen LogP contribution in [0.3, 0.4) is 0 Å². The summed E-state index contributed by atoms with van der Waals surface area (Å²) in [5, 5.41) is 0. The molecule has 1 aromatic rings. The molecule has 1 aliphatic heterocycles. The van der Waals surface area contributed by atoms with Crippen molar-refractivity contribution in [1.82, 2.24) is 0 Å². The van der Waals surface area contributed by atoms with Gasteiger partial charge in [-0.3, -0.25) is 0 Å². The van der Waals surface area contributed by atoms with Crippen molar-refractivity contribution >= 4 is 21.6 Å². The molecule has 2 N–H and O–H groups in total. The summed E-state index contributed by atoms with van der Waals surface area (Å²) in [7, 11) is 0. The topological polar surface area (TPSA) is 38.5 Å². The molecule has 2 rings (SSSR count). The van der Waals surface area contributed by atoms with Crippen molar-refractivity contribution in [3.8, 4) is 0 Å². The van der Waals surface area contributed by atoms with Gasteiger partial charge in [-0.05, 0) is 31.0 Å². The highest BCUT2D eigenvalue weighted by molar-refractivity contribution is 9.10. The Morgan fingerprint density at radius 1 is 1.33 bits per heavy atom. The monoisotopic (exact) mass is 270 g/mol. The minimum atomic E-state index is 0.230. The predicted octanol–water partition coefficient (Wildman–Crippen LogP) is 2.31. The van der Waals surface area contributed by atoms with E-state index < -0.39 is 0 Å². The van der Waals surface area contributed by atoms with E-state index >= 15 is 0 Å². The predicted molar refractivity (Wildman–Crippen MR) is 64.6 cm³/mol. The Morgan fingerprint density at radius 3 is 2.67 bits per heavy atom. The summed E-state index contributed by atoms with van der Waals surface area (Å²) in [6.07, 6.45) is 2.24. The molecule has 0 aromatic heterocycles. The van der Waals surface area contributed by atoms with Gasteiger partial charge in [-0.1, -0.05) is 22.0 Å². The molecule has 1 fully saturated rings. The molecule has 1 aromatic carbocycles. The van der Waals surface area contributed by atoms with Gasteiger partial charge >= 0.3 is 0 Å². The summed E-state index contributed by atoms with van der Waals surface area (Å²) in [6.45, 7) is 2.02. The van der Waals surface area contributed by atoms with Crippen LogP contribution in [-0.4, -0.2) is 19.2 Å². The molecule has 0 unspecified atom stereocenters. The maximum atomic E-state index is 5.19. The van der Waals surface area contributed by atoms with Gasteiger partial charge in [-0.25, -0.2) is 5.90 Å². The highest BCUT2D eigenvalue weighted by atomic mass is 79.9. The Labute approximate surface area is 98.3 Å². The molecule has 82 valence electrons. The van der Waals surface area contributed by atoms with Crippen LogP contribution in [0.5, 0.6) is 0 Å². The number of halogens is 1. The minimum absolute atomic E-state index is 0.230. The zero-order chi connectivity index (χ0) is 10.7. The van der Waals surface area contributed by atoms with E-state index in [0.717, 1.165) is 30.4 Å². The van der Waals surface area contributed by atoms with Gasteiger partial charge in [-0.2, -0.15) is 0 Å². The molecule has 1 saturated heterocycles. The van der Waals surface area contributed by atoms with Crippen molar-refractivity contribution in [1.29, 1.82) is 0 Å². The molecule has 0 bridgehead atoms. The molecule has 1 aliphatic rings. The van der Waals surface area contributed by atoms with E-state index in [-0.39, 0.29) is 6.10 Å². The summed E-state index contributed by atoms with van der Waals surface area (Å²) in [6, 6.07) is 8.38. The molecule has 0 amide bonds. The van der Waals surface area contributed by atoms with Crippen LogP contribution in [0.4, 0.5) is 5.69 Å². The van der Waals surface area contributed by atoms with E-state index in [4.69, 9.17) is 10.7 Å². The second kappa shape index (κ2) is 4.96. The fraction of sp³-hybridized carbons (Fsp3) is 0.455. The number of rotatable bonds is 2. The first kappa shape index (κ1) is 10.9. The lowest BCUT2D eigenvalue weighted by atomic mass is 10.1. The van der Waals surface area contributed by atoms with Gasteiger partial charge in [0.25, 0.3) is 0 Å². The molecule has 0 radical (unpaired) electrons. The van der Waals surface area contributed by atoms with Gasteiger partial charge in [0, 0.05) is 23.2 Å². The van der Waals surface area contributed by atoms with Gasteiger partial charge in [0.05, 0.1) is 6.10 Å². The molecule has 1 heterocycles. The van der Waals surface area contributed by atoms with E-state index in [1.165, 1.54) is 5.69 Å². The lowest BCUT2D eigenvalue weighted by Gasteiger charge is -2.32. The Hall–Kier alpha value is -0.580. The fourth-order valence-corrected chi connectivity index (χ4v) is 2.31. The Balaban J connectivity index is 2.01. The van der Waals surface area contributed by atoms with Crippen molar-refractivity contribution in [2.45, 2.75) is 18.9 Å². The number of benzene rings is 1. The van der Waals surface area contributed by atoms with Gasteiger partial charge in [0.2, 0.25) is 0 Å². The van der Waals surface area contributed by atoms with Crippen LogP contribution in [0.25, 0.3) is 0 Å². The van der Waals surface area contributed by atoms with Gasteiger partial charge in [0.15, 0.2) is 0 Å². The second-order valence-electron chi connectivity index (χ2n) is 3.80. The summed E-state index contributed by atoms with van der Waals surface area (Å²) in [5.74, 6) is 5.19. The van der Waals surface area contributed by atoms with Gasteiger partial charge < -0.3 is 9.74 Å². The maximum absolute atomic E-state index is 5.19. The van der Waals surface area contributed by atoms with Crippen LogP contribution in [0.15, 0.2) is 28.7 Å². The van der Waals surface area contributed by atoms with E-state index in [1.54, 1.807) is 0 Å². The summed E-state index contributed by atoms with van der Waals surface area (Å²) < 4.78 is 1.12. The lowest BCUT2D eigenvalue weighted by molar-refractivity contribution is 0.0367. The first-order valence-electron chi connectivity index (χ1n) is 5.15. The molecule has 15 heavy (non-hydrogen) atoms. The third-order valence-electron chi connectivity index (χ3n) is 2.81. The van der Waals surface area contributed by atoms with Crippen molar-refractivity contribution in [2.24, 2.45) is 5.90 Å². The van der Waals surface area contributed by atoms with Gasteiger partial charge in [-0.15, -0.1) is 0 Å². The van der Waals surface area contributed by atoms with Crippen molar-refractivity contribution < 1.29 is 4.84 Å². The van der Waals surface area contributed by atoms with Crippen LogP contribution >= 0.6 is 15.9 Å². The molecule has 0 aliphatic carbocycles. The summed E-state index contributed by atoms with van der Waals surface area (Å²) in [4.78, 5) is 7.22. The number of piperidine rings is 1. The van der Waals surface area contributed by atoms with E-state index in [0.29, 0.717) is 0 Å². The highest BCUT2D eigenvalue weighted by Crippen LogP contribution is 2.23. The number of anilines is 1. The number of hydrogen-bond acceptors (Lipinski definition) is 3. The smallest absolute Gasteiger partial charge is 0.0821 e. The zero-order valence-corrected chi connectivity index (χ0v) is 10.1. The molecule has 3 nitrogen and oxygen atoms in total. The highest BCUT2D eigenvalue weighted by Gasteiger charge is 2.19. The molecule has 0 atom stereocenters. The molecular weight excluding hydrogens is 256 g/mol. The van der Waals surface area contributed by atoms with E-state index in [9.17, 15) is 0 Å². The third-order valence-corrected chi connectivity index (χ3v) is 3.30. The maximum Gasteiger partial charge on any atom is 0.0821 e. The van der Waals surface area contributed by atoms with Gasteiger partial charge in [0.1, 0.15) is 0 Å². The van der Waals surface area contributed by atoms with Crippen LogP contribution in [0.1, 0.15) is 12.8 Å². The van der Waals surface area contributed by atoms with E-state index in [1.807, 2.05) is 6.07 Å². The average Bonchev–Trinajstić information content (AvgIpc) is 2.29. The average molecular weight is 271 g/mol. The van der Waals surface area contributed by atoms with Crippen molar-refractivity contribution in [2.75, 3.05) is 18.0 Å². The standard InChI is InChI=1S/C11H15BrN2O/c12-9-2-1-3-10(8-9)14-6-4-11(15-13)5-7-14/h1-3,8,11H,4-7,13H2. The lowest BCUT2D eigenvalue weighted by Crippen LogP contribution is -2.37. The quantitative estimate of drug-likeness (QED) is 0.839. The van der Waals surface area contributed by atoms with E-state index in [2.05, 4.69) is 39.0 Å². The normalized spacial score (nSPS) is 18.1. The van der Waals surface area contributed by atoms with Crippen LogP contribution in [-0.2, 0) is 4.84 Å². The number of hydrogen-bond donors (Lipinski definition) is 1. The SMILES string of the molecule is NOC1CCN(c2cccc(Br)c2)CC1. The second-order valence-corrected chi connectivity index (χ2v) is 4.72. The van der Waals surface area contributed by atoms with Crippen LogP contribution in [0.2, 0.25) is 0 Å². The molecule has 0 saturated carbocycles. The first-order valence-corrected chi connectivity index (χ1v) is 5.95. The zero-order valence-electron chi connectivity index (χ0n) is 8.53. The van der Waals surface area contributed by atoms with Crippen molar-refractivity contribution in [3.05, 3.63) is 28.7 Å². The van der Waals surface area contributed by atoms with Crippen LogP contribution < -0.4 is 10.8 Å². The van der Waals surface area contributed by atoms with Crippen molar-refractivity contribution in [3.63, 3.8) is 0 Å². The number of nitrogens with two attached hydrogens (primary N) is 1. The van der Waals surface area contributed by atoms with Crippen LogP contribution in [0, 0.1) is 0 Å². The Morgan fingerprint density at radius 2 is 2.07 bits per heavy atom. The summed E-state index contributed by atoms with van der Waals surface area (Å²) in [5.41, 5.74) is 1.26. The third kappa shape index (κ3) is 2.71. The molecule has 4 heteroatoms. The fourth-order valence-electron chi connectivity index (χ4n) is 1.92. The summed E-state index contributed by atoms with van der Waals surface area (Å²) >= 11 is 3.48. The Kier molecular flexibility index (Phi) is 3.61. The number of nitrogens with zero attached hydrogens (tertiary/aromatic N) is 1. The molecule has 0 spiro atoms. The Bertz CT molecular complexity index is 324. The first-order chi connectivity index (χ1) is 7.29. The molecular formula is C11H15BrN2O. The minimum Gasteiger partial charge on any atom is -0.371 e.